The average Bonchev–Trinajstić information content (AvgIpc) is 3.43. The lowest BCUT2D eigenvalue weighted by Gasteiger charge is -2.13. The number of nitrogens with zero attached hydrogens (tertiary/aromatic N) is 3. The van der Waals surface area contributed by atoms with Crippen molar-refractivity contribution in [2.24, 2.45) is 0 Å². The lowest BCUT2D eigenvalue weighted by Crippen LogP contribution is -2.14. The van der Waals surface area contributed by atoms with Gasteiger partial charge in [0.2, 0.25) is 0 Å². The molecule has 0 saturated heterocycles. The summed E-state index contributed by atoms with van der Waals surface area (Å²) < 4.78 is 2.11. The first-order valence-electron chi connectivity index (χ1n) is 8.50. The van der Waals surface area contributed by atoms with Gasteiger partial charge < -0.3 is 0 Å². The molecule has 0 N–H and O–H groups in total. The zero-order valence-electron chi connectivity index (χ0n) is 14.0. The Morgan fingerprint density at radius 1 is 1.04 bits per heavy atom. The largest absolute Gasteiger partial charge is 0.293 e. The van der Waals surface area contributed by atoms with Crippen molar-refractivity contribution in [1.82, 2.24) is 14.8 Å². The molecule has 1 aliphatic rings. The first-order chi connectivity index (χ1) is 12.2. The van der Waals surface area contributed by atoms with Crippen molar-refractivity contribution in [2.75, 3.05) is 0 Å². The molecule has 0 radical (unpaired) electrons. The van der Waals surface area contributed by atoms with Crippen LogP contribution >= 0.6 is 11.8 Å². The first-order valence-corrected chi connectivity index (χ1v) is 9.38. The number of benzene rings is 2. The maximum atomic E-state index is 12.7. The Balaban J connectivity index is 1.63. The van der Waals surface area contributed by atoms with Crippen molar-refractivity contribution < 1.29 is 4.79 Å². The van der Waals surface area contributed by atoms with Crippen LogP contribution in [-0.2, 0) is 0 Å². The van der Waals surface area contributed by atoms with Crippen LogP contribution in [0.3, 0.4) is 0 Å². The molecule has 0 amide bonds. The van der Waals surface area contributed by atoms with Crippen LogP contribution in [0.4, 0.5) is 0 Å². The van der Waals surface area contributed by atoms with E-state index in [1.165, 1.54) is 11.8 Å². The third-order valence-electron chi connectivity index (χ3n) is 4.32. The Kier molecular flexibility index (Phi) is 4.40. The molecule has 126 valence electrons. The van der Waals surface area contributed by atoms with E-state index in [2.05, 4.69) is 26.9 Å². The molecule has 4 rings (SSSR count). The summed E-state index contributed by atoms with van der Waals surface area (Å²) in [7, 11) is 0. The highest BCUT2D eigenvalue weighted by molar-refractivity contribution is 8.00. The van der Waals surface area contributed by atoms with E-state index in [-0.39, 0.29) is 11.0 Å². The highest BCUT2D eigenvalue weighted by atomic mass is 32.2. The summed E-state index contributed by atoms with van der Waals surface area (Å²) in [6.45, 7) is 1.93. The zero-order valence-corrected chi connectivity index (χ0v) is 14.8. The molecule has 4 nitrogen and oxygen atoms in total. The summed E-state index contributed by atoms with van der Waals surface area (Å²) in [6, 6.07) is 19.6. The molecule has 3 aromatic rings. The molecule has 0 aliphatic heterocycles. The van der Waals surface area contributed by atoms with Gasteiger partial charge in [-0.1, -0.05) is 60.3 Å². The Morgan fingerprint density at radius 3 is 2.32 bits per heavy atom. The smallest absolute Gasteiger partial charge is 0.196 e. The van der Waals surface area contributed by atoms with E-state index in [0.717, 1.165) is 35.1 Å². The lowest BCUT2D eigenvalue weighted by molar-refractivity contribution is 0.0994. The van der Waals surface area contributed by atoms with E-state index in [1.54, 1.807) is 0 Å². The van der Waals surface area contributed by atoms with Crippen LogP contribution < -0.4 is 0 Å². The predicted octanol–water partition coefficient (Wildman–Crippen LogP) is 4.51. The third-order valence-corrected chi connectivity index (χ3v) is 5.37. The fraction of sp³-hybridized carbons (Fsp3) is 0.250. The van der Waals surface area contributed by atoms with Crippen LogP contribution in [0.2, 0.25) is 0 Å². The second kappa shape index (κ2) is 6.84. The van der Waals surface area contributed by atoms with E-state index < -0.39 is 0 Å². The van der Waals surface area contributed by atoms with Crippen molar-refractivity contribution in [1.29, 1.82) is 0 Å². The van der Waals surface area contributed by atoms with Crippen molar-refractivity contribution >= 4 is 17.5 Å². The van der Waals surface area contributed by atoms with Crippen molar-refractivity contribution in [3.63, 3.8) is 0 Å². The number of ketones is 1. The number of aromatic nitrogens is 3. The van der Waals surface area contributed by atoms with Crippen LogP contribution in [-0.4, -0.2) is 25.8 Å². The maximum Gasteiger partial charge on any atom is 0.196 e. The van der Waals surface area contributed by atoms with Crippen molar-refractivity contribution in [2.45, 2.75) is 36.1 Å². The Morgan fingerprint density at radius 2 is 1.68 bits per heavy atom. The SMILES string of the molecule is CC(Sc1nnc(C2CC2)n1-c1ccccc1)C(=O)c1ccccc1. The minimum Gasteiger partial charge on any atom is -0.293 e. The second-order valence-electron chi connectivity index (χ2n) is 6.28. The minimum absolute atomic E-state index is 0.112. The number of hydrogen-bond acceptors (Lipinski definition) is 4. The Labute approximate surface area is 151 Å². The fourth-order valence-corrected chi connectivity index (χ4v) is 3.78. The van der Waals surface area contributed by atoms with Crippen molar-refractivity contribution in [3.05, 3.63) is 72.1 Å². The maximum absolute atomic E-state index is 12.7. The van der Waals surface area contributed by atoms with Gasteiger partial charge in [-0.15, -0.1) is 10.2 Å². The van der Waals surface area contributed by atoms with Gasteiger partial charge in [0.15, 0.2) is 10.9 Å². The first kappa shape index (κ1) is 16.1. The predicted molar refractivity (Wildman–Crippen MR) is 99.4 cm³/mol. The number of rotatable bonds is 6. The lowest BCUT2D eigenvalue weighted by atomic mass is 10.1. The summed E-state index contributed by atoms with van der Waals surface area (Å²) in [5, 5.41) is 9.38. The molecule has 1 fully saturated rings. The van der Waals surface area contributed by atoms with Crippen LogP contribution in [0.15, 0.2) is 65.8 Å². The Hall–Kier alpha value is -2.40. The summed E-state index contributed by atoms with van der Waals surface area (Å²) in [4.78, 5) is 12.7. The second-order valence-corrected chi connectivity index (χ2v) is 7.58. The standard InChI is InChI=1S/C20H19N3OS/c1-14(18(24)15-8-4-2-5-9-15)25-20-22-21-19(16-12-13-16)23(20)17-10-6-3-7-11-17/h2-11,14,16H,12-13H2,1H3. The Bertz CT molecular complexity index is 872. The molecular weight excluding hydrogens is 330 g/mol. The van der Waals surface area contributed by atoms with Crippen LogP contribution in [0.25, 0.3) is 5.69 Å². The normalized spacial score (nSPS) is 15.1. The van der Waals surface area contributed by atoms with E-state index in [4.69, 9.17) is 0 Å². The van der Waals surface area contributed by atoms with E-state index in [1.807, 2.05) is 55.5 Å². The number of para-hydroxylation sites is 1. The molecule has 1 aromatic heterocycles. The summed E-state index contributed by atoms with van der Waals surface area (Å²) in [5.41, 5.74) is 1.78. The van der Waals surface area contributed by atoms with Gasteiger partial charge in [0.1, 0.15) is 5.82 Å². The van der Waals surface area contributed by atoms with Gasteiger partial charge in [0, 0.05) is 17.2 Å². The highest BCUT2D eigenvalue weighted by Gasteiger charge is 2.31. The van der Waals surface area contributed by atoms with E-state index in [0.29, 0.717) is 5.92 Å². The molecular formula is C20H19N3OS. The summed E-state index contributed by atoms with van der Waals surface area (Å²) in [6.07, 6.45) is 2.32. The minimum atomic E-state index is -0.221. The molecule has 0 bridgehead atoms. The van der Waals surface area contributed by atoms with Crippen molar-refractivity contribution in [3.8, 4) is 5.69 Å². The number of carbonyl (C=O) groups is 1. The average molecular weight is 349 g/mol. The number of Topliss-reactive ketones (excluding diaryl/α,β-unsaturated/α-hetero) is 1. The van der Waals surface area contributed by atoms with Crippen LogP contribution in [0, 0.1) is 0 Å². The molecule has 1 saturated carbocycles. The third kappa shape index (κ3) is 3.37. The molecule has 5 heteroatoms. The van der Waals surface area contributed by atoms with Crippen LogP contribution in [0.1, 0.15) is 41.9 Å². The zero-order chi connectivity index (χ0) is 17.2. The highest BCUT2D eigenvalue weighted by Crippen LogP contribution is 2.41. The van der Waals surface area contributed by atoms with Gasteiger partial charge in [-0.05, 0) is 31.9 Å². The fourth-order valence-electron chi connectivity index (χ4n) is 2.83. The van der Waals surface area contributed by atoms with E-state index in [9.17, 15) is 4.79 Å². The molecule has 1 unspecified atom stereocenters. The van der Waals surface area contributed by atoms with Gasteiger partial charge in [-0.3, -0.25) is 9.36 Å². The number of carbonyl (C=O) groups excluding carboxylic acids is 1. The molecule has 1 heterocycles. The van der Waals surface area contributed by atoms with Crippen LogP contribution in [0.5, 0.6) is 0 Å². The quantitative estimate of drug-likeness (QED) is 0.485. The molecule has 1 aliphatic carbocycles. The van der Waals surface area contributed by atoms with Gasteiger partial charge >= 0.3 is 0 Å². The molecule has 2 aromatic carbocycles. The molecule has 0 spiro atoms. The topological polar surface area (TPSA) is 47.8 Å². The van der Waals surface area contributed by atoms with Gasteiger partial charge in [0.05, 0.1) is 5.25 Å². The monoisotopic (exact) mass is 349 g/mol. The molecule has 1 atom stereocenters. The van der Waals surface area contributed by atoms with Gasteiger partial charge in [-0.2, -0.15) is 0 Å². The summed E-state index contributed by atoms with van der Waals surface area (Å²) >= 11 is 1.47. The number of thioether (sulfide) groups is 1. The van der Waals surface area contributed by atoms with E-state index >= 15 is 0 Å². The number of hydrogen-bond donors (Lipinski definition) is 0. The van der Waals surface area contributed by atoms with Gasteiger partial charge in [0.25, 0.3) is 0 Å². The van der Waals surface area contributed by atoms with Gasteiger partial charge in [-0.25, -0.2) is 0 Å². The molecule has 25 heavy (non-hydrogen) atoms. The summed E-state index contributed by atoms with van der Waals surface area (Å²) in [5.74, 6) is 1.61.